The molecule has 0 saturated carbocycles. The van der Waals surface area contributed by atoms with E-state index in [2.05, 4.69) is 22.9 Å². The van der Waals surface area contributed by atoms with Gasteiger partial charge >= 0.3 is 0 Å². The lowest BCUT2D eigenvalue weighted by atomic mass is 10.2. The fourth-order valence-corrected chi connectivity index (χ4v) is 1.63. The van der Waals surface area contributed by atoms with Crippen LogP contribution in [0.4, 0.5) is 4.39 Å². The fourth-order valence-electron chi connectivity index (χ4n) is 1.02. The summed E-state index contributed by atoms with van der Waals surface area (Å²) in [6.07, 6.45) is 0. The van der Waals surface area contributed by atoms with Crippen LogP contribution in [0.3, 0.4) is 0 Å². The van der Waals surface area contributed by atoms with Gasteiger partial charge in [-0.2, -0.15) is 0 Å². The van der Waals surface area contributed by atoms with Gasteiger partial charge in [0.1, 0.15) is 5.82 Å². The lowest BCUT2D eigenvalue weighted by Gasteiger charge is -2.12. The van der Waals surface area contributed by atoms with Crippen molar-refractivity contribution in [3.63, 3.8) is 0 Å². The Bertz CT molecular complexity index is 270. The second-order valence-electron chi connectivity index (χ2n) is 2.70. The van der Waals surface area contributed by atoms with E-state index >= 15 is 0 Å². The third kappa shape index (κ3) is 4.02. The summed E-state index contributed by atoms with van der Waals surface area (Å²) in [5.41, 5.74) is 0.919. The Hall–Kier alpha value is -0.200. The maximum absolute atomic E-state index is 12.7. The second-order valence-corrected chi connectivity index (χ2v) is 4.06. The van der Waals surface area contributed by atoms with Crippen LogP contribution in [0, 0.1) is 5.82 Å². The Balaban J connectivity index is 2.53. The van der Waals surface area contributed by atoms with Gasteiger partial charge in [0.05, 0.1) is 6.61 Å². The van der Waals surface area contributed by atoms with Gasteiger partial charge in [-0.15, -0.1) is 0 Å². The molecule has 0 aromatic heterocycles. The van der Waals surface area contributed by atoms with Gasteiger partial charge in [0.2, 0.25) is 0 Å². The van der Waals surface area contributed by atoms with Crippen LogP contribution in [0.5, 0.6) is 0 Å². The molecule has 13 heavy (non-hydrogen) atoms. The van der Waals surface area contributed by atoms with E-state index in [9.17, 15) is 4.39 Å². The predicted molar refractivity (Wildman–Crippen MR) is 57.9 cm³/mol. The molecule has 0 radical (unpaired) electrons. The summed E-state index contributed by atoms with van der Waals surface area (Å²) in [5, 5.41) is 8.65. The second kappa shape index (κ2) is 5.51. The third-order valence-electron chi connectivity index (χ3n) is 1.59. The summed E-state index contributed by atoms with van der Waals surface area (Å²) in [4.78, 5) is 0. The number of aliphatic hydroxyl groups excluding tert-OH is 1. The van der Waals surface area contributed by atoms with Crippen molar-refractivity contribution in [2.24, 2.45) is 0 Å². The molecule has 0 atom stereocenters. The normalized spacial score (nSPS) is 10.8. The van der Waals surface area contributed by atoms with Gasteiger partial charge < -0.3 is 5.11 Å². The van der Waals surface area contributed by atoms with E-state index in [4.69, 9.17) is 5.11 Å². The molecule has 1 rings (SSSR count). The number of nitrogens with zero attached hydrogens (tertiary/aromatic N) is 1. The van der Waals surface area contributed by atoms with Crippen LogP contribution in [-0.2, 0) is 6.54 Å². The first-order valence-electron chi connectivity index (χ1n) is 3.98. The van der Waals surface area contributed by atoms with Gasteiger partial charge in [-0.3, -0.25) is 0 Å². The van der Waals surface area contributed by atoms with E-state index < -0.39 is 0 Å². The molecule has 1 N–H and O–H groups in total. The maximum Gasteiger partial charge on any atom is 0.123 e. The topological polar surface area (TPSA) is 23.5 Å². The minimum atomic E-state index is -0.216. The summed E-state index contributed by atoms with van der Waals surface area (Å²) >= 11 is 2.11. The molecule has 1 aromatic carbocycles. The number of halogens is 2. The van der Waals surface area contributed by atoms with Crippen molar-refractivity contribution in [1.82, 2.24) is 3.11 Å². The van der Waals surface area contributed by atoms with Gasteiger partial charge in [0.25, 0.3) is 0 Å². The Morgan fingerprint density at radius 1 is 1.46 bits per heavy atom. The van der Waals surface area contributed by atoms with Crippen molar-refractivity contribution in [2.75, 3.05) is 13.2 Å². The molecule has 0 fully saturated rings. The number of hydrogen-bond donors (Lipinski definition) is 1. The third-order valence-corrected chi connectivity index (χ3v) is 2.41. The summed E-state index contributed by atoms with van der Waals surface area (Å²) in [6.45, 7) is 1.37. The maximum atomic E-state index is 12.7. The van der Waals surface area contributed by atoms with E-state index in [0.29, 0.717) is 13.1 Å². The average Bonchev–Trinajstić information content (AvgIpc) is 2.04. The molecule has 1 aromatic rings. The molecule has 0 aliphatic carbocycles. The zero-order valence-corrected chi connectivity index (χ0v) is 9.24. The summed E-state index contributed by atoms with van der Waals surface area (Å²) in [5.74, 6) is -0.216. The van der Waals surface area contributed by atoms with Crippen LogP contribution >= 0.6 is 22.9 Å². The molecule has 0 aliphatic rings. The lowest BCUT2D eigenvalue weighted by Crippen LogP contribution is -2.15. The van der Waals surface area contributed by atoms with Gasteiger partial charge in [0.15, 0.2) is 0 Å². The highest BCUT2D eigenvalue weighted by atomic mass is 127. The van der Waals surface area contributed by atoms with Gasteiger partial charge in [-0.25, -0.2) is 7.50 Å². The molecular weight excluding hydrogens is 284 g/mol. The zero-order chi connectivity index (χ0) is 9.68. The van der Waals surface area contributed by atoms with E-state index in [-0.39, 0.29) is 12.4 Å². The summed E-state index contributed by atoms with van der Waals surface area (Å²) in [7, 11) is 0. The van der Waals surface area contributed by atoms with Crippen molar-refractivity contribution < 1.29 is 9.50 Å². The molecule has 0 heterocycles. The first-order valence-corrected chi connectivity index (χ1v) is 4.95. The molecule has 0 aliphatic heterocycles. The van der Waals surface area contributed by atoms with Crippen molar-refractivity contribution in [3.05, 3.63) is 35.6 Å². The highest BCUT2D eigenvalue weighted by molar-refractivity contribution is 14.1. The van der Waals surface area contributed by atoms with E-state index in [0.717, 1.165) is 5.56 Å². The van der Waals surface area contributed by atoms with Crippen LogP contribution < -0.4 is 0 Å². The molecule has 0 bridgehead atoms. The first kappa shape index (κ1) is 10.9. The van der Waals surface area contributed by atoms with Crippen LogP contribution in [0.1, 0.15) is 5.56 Å². The van der Waals surface area contributed by atoms with Crippen molar-refractivity contribution in [3.8, 4) is 0 Å². The highest BCUT2D eigenvalue weighted by Gasteiger charge is 2.01. The van der Waals surface area contributed by atoms with Crippen LogP contribution in [-0.4, -0.2) is 21.4 Å². The minimum absolute atomic E-state index is 0.123. The van der Waals surface area contributed by atoms with E-state index in [1.807, 2.05) is 9.18 Å². The SMILES string of the molecule is OCCN(I)Cc1cccc(F)c1. The molecule has 0 saturated heterocycles. The van der Waals surface area contributed by atoms with E-state index in [1.54, 1.807) is 6.07 Å². The fraction of sp³-hybridized carbons (Fsp3) is 0.333. The standard InChI is InChI=1S/C9H11FINO/c10-9-3-1-2-8(6-9)7-12(11)4-5-13/h1-3,6,13H,4-5,7H2. The first-order chi connectivity index (χ1) is 6.22. The molecule has 72 valence electrons. The van der Waals surface area contributed by atoms with Crippen LogP contribution in [0.25, 0.3) is 0 Å². The molecule has 0 spiro atoms. The quantitative estimate of drug-likeness (QED) is 0.678. The Labute approximate surface area is 90.9 Å². The van der Waals surface area contributed by atoms with Crippen molar-refractivity contribution >= 4 is 22.9 Å². The average molecular weight is 295 g/mol. The smallest absolute Gasteiger partial charge is 0.123 e. The minimum Gasteiger partial charge on any atom is -0.395 e. The molecule has 2 nitrogen and oxygen atoms in total. The van der Waals surface area contributed by atoms with Gasteiger partial charge in [-0.1, -0.05) is 12.1 Å². The van der Waals surface area contributed by atoms with Gasteiger partial charge in [-0.05, 0) is 17.7 Å². The Morgan fingerprint density at radius 2 is 2.23 bits per heavy atom. The monoisotopic (exact) mass is 295 g/mol. The number of aliphatic hydroxyl groups is 1. The zero-order valence-electron chi connectivity index (χ0n) is 7.08. The largest absolute Gasteiger partial charge is 0.395 e. The Morgan fingerprint density at radius 3 is 2.85 bits per heavy atom. The van der Waals surface area contributed by atoms with Crippen LogP contribution in [0.15, 0.2) is 24.3 Å². The summed E-state index contributed by atoms with van der Waals surface area (Å²) < 4.78 is 14.6. The highest BCUT2D eigenvalue weighted by Crippen LogP contribution is 2.09. The number of rotatable bonds is 4. The summed E-state index contributed by atoms with van der Waals surface area (Å²) in [6, 6.07) is 6.48. The predicted octanol–water partition coefficient (Wildman–Crippen LogP) is 1.97. The Kier molecular flexibility index (Phi) is 4.61. The van der Waals surface area contributed by atoms with Crippen molar-refractivity contribution in [1.29, 1.82) is 0 Å². The molecule has 0 amide bonds. The molecule has 4 heteroatoms. The number of benzene rings is 1. The van der Waals surface area contributed by atoms with Gasteiger partial charge in [0, 0.05) is 36.0 Å². The lowest BCUT2D eigenvalue weighted by molar-refractivity contribution is 0.267. The van der Waals surface area contributed by atoms with E-state index in [1.165, 1.54) is 12.1 Å². The number of hydrogen-bond acceptors (Lipinski definition) is 2. The molecule has 0 unspecified atom stereocenters. The molecular formula is C9H11FINO. The van der Waals surface area contributed by atoms with Crippen molar-refractivity contribution in [2.45, 2.75) is 6.54 Å². The van der Waals surface area contributed by atoms with Crippen LogP contribution in [0.2, 0.25) is 0 Å².